The van der Waals surface area contributed by atoms with Crippen molar-refractivity contribution >= 4 is 15.9 Å². The molecule has 0 saturated carbocycles. The van der Waals surface area contributed by atoms with Crippen molar-refractivity contribution in [2.45, 2.75) is 37.0 Å². The third-order valence-electron chi connectivity index (χ3n) is 5.75. The van der Waals surface area contributed by atoms with Gasteiger partial charge in [0.25, 0.3) is 5.91 Å². The van der Waals surface area contributed by atoms with E-state index < -0.39 is 27.8 Å². The Labute approximate surface area is 198 Å². The monoisotopic (exact) mass is 486 g/mol. The predicted octanol–water partition coefficient (Wildman–Crippen LogP) is 2.88. The third-order valence-corrected chi connectivity index (χ3v) is 7.59. The SMILES string of the molecule is C[C@@H]1CN(S(=O)(=O)c2ccc(C(=O)N[C@H](c3ccccc3F)c3nccn3C)cc2)C[C@H](C)O1. The molecule has 3 aromatic rings. The first-order chi connectivity index (χ1) is 16.2. The molecule has 10 heteroatoms. The molecule has 2 aromatic carbocycles. The van der Waals surface area contributed by atoms with Gasteiger partial charge >= 0.3 is 0 Å². The van der Waals surface area contributed by atoms with Crippen LogP contribution in [-0.4, -0.2) is 53.5 Å². The quantitative estimate of drug-likeness (QED) is 0.578. The summed E-state index contributed by atoms with van der Waals surface area (Å²) in [6.07, 6.45) is 2.88. The van der Waals surface area contributed by atoms with E-state index in [1.807, 2.05) is 13.8 Å². The van der Waals surface area contributed by atoms with E-state index in [9.17, 15) is 17.6 Å². The van der Waals surface area contributed by atoms with Gasteiger partial charge in [0.05, 0.1) is 17.1 Å². The highest BCUT2D eigenvalue weighted by atomic mass is 32.2. The number of aromatic nitrogens is 2. The zero-order valence-electron chi connectivity index (χ0n) is 19.2. The average Bonchev–Trinajstić information content (AvgIpc) is 3.23. The van der Waals surface area contributed by atoms with Crippen LogP contribution in [0.25, 0.3) is 0 Å². The average molecular weight is 487 g/mol. The largest absolute Gasteiger partial charge is 0.373 e. The zero-order chi connectivity index (χ0) is 24.5. The molecule has 1 aliphatic heterocycles. The standard InChI is InChI=1S/C24H27FN4O4S/c1-16-14-29(15-17(2)33-16)34(31,32)19-10-8-18(9-11-19)24(30)27-22(23-26-12-13-28(23)3)20-6-4-5-7-21(20)25/h4-13,16-17,22H,14-15H2,1-3H3,(H,27,30)/t16-,17+,22-/m1/s1. The Balaban J connectivity index is 1.57. The van der Waals surface area contributed by atoms with Crippen LogP contribution in [0.1, 0.15) is 41.6 Å². The highest BCUT2D eigenvalue weighted by Gasteiger charge is 2.32. The van der Waals surface area contributed by atoms with Gasteiger partial charge in [-0.2, -0.15) is 4.31 Å². The minimum atomic E-state index is -3.72. The summed E-state index contributed by atoms with van der Waals surface area (Å²) in [6, 6.07) is 11.1. The van der Waals surface area contributed by atoms with Gasteiger partial charge in [-0.15, -0.1) is 0 Å². The lowest BCUT2D eigenvalue weighted by atomic mass is 10.0. The summed E-state index contributed by atoms with van der Waals surface area (Å²) < 4.78 is 49.4. The molecule has 3 atom stereocenters. The summed E-state index contributed by atoms with van der Waals surface area (Å²) in [4.78, 5) is 17.4. The van der Waals surface area contributed by atoms with Gasteiger partial charge in [0.15, 0.2) is 0 Å². The number of amides is 1. The summed E-state index contributed by atoms with van der Waals surface area (Å²) in [5.41, 5.74) is 0.526. The molecule has 0 unspecified atom stereocenters. The molecule has 1 aliphatic rings. The Morgan fingerprint density at radius 1 is 1.12 bits per heavy atom. The van der Waals surface area contributed by atoms with Crippen molar-refractivity contribution in [1.82, 2.24) is 19.2 Å². The maximum atomic E-state index is 14.6. The van der Waals surface area contributed by atoms with E-state index >= 15 is 0 Å². The molecule has 1 amide bonds. The lowest BCUT2D eigenvalue weighted by Crippen LogP contribution is -2.48. The van der Waals surface area contributed by atoms with Crippen LogP contribution < -0.4 is 5.32 Å². The molecule has 1 fully saturated rings. The molecule has 1 N–H and O–H groups in total. The van der Waals surface area contributed by atoms with Gasteiger partial charge in [0, 0.05) is 43.7 Å². The van der Waals surface area contributed by atoms with Gasteiger partial charge in [0.2, 0.25) is 10.0 Å². The van der Waals surface area contributed by atoms with Crippen molar-refractivity contribution in [3.05, 3.63) is 83.7 Å². The van der Waals surface area contributed by atoms with E-state index in [-0.39, 0.29) is 41.3 Å². The number of benzene rings is 2. The molecule has 4 rings (SSSR count). The summed E-state index contributed by atoms with van der Waals surface area (Å²) in [5.74, 6) is -0.478. The number of carbonyl (C=O) groups is 1. The topological polar surface area (TPSA) is 93.5 Å². The van der Waals surface area contributed by atoms with Gasteiger partial charge < -0.3 is 14.6 Å². The Hall–Kier alpha value is -3.08. The second-order valence-electron chi connectivity index (χ2n) is 8.43. The second-order valence-corrected chi connectivity index (χ2v) is 10.4. The number of rotatable bonds is 6. The number of hydrogen-bond donors (Lipinski definition) is 1. The fraction of sp³-hybridized carbons (Fsp3) is 0.333. The van der Waals surface area contributed by atoms with Gasteiger partial charge in [-0.05, 0) is 44.2 Å². The number of hydrogen-bond acceptors (Lipinski definition) is 5. The van der Waals surface area contributed by atoms with Crippen LogP contribution in [0.15, 0.2) is 65.8 Å². The van der Waals surface area contributed by atoms with E-state index in [2.05, 4.69) is 10.3 Å². The van der Waals surface area contributed by atoms with E-state index in [0.29, 0.717) is 5.82 Å². The summed E-state index contributed by atoms with van der Waals surface area (Å²) in [7, 11) is -1.97. The Kier molecular flexibility index (Phi) is 6.83. The molecule has 180 valence electrons. The number of halogens is 1. The van der Waals surface area contributed by atoms with Crippen molar-refractivity contribution < 1.29 is 22.3 Å². The summed E-state index contributed by atoms with van der Waals surface area (Å²) >= 11 is 0. The highest BCUT2D eigenvalue weighted by molar-refractivity contribution is 7.89. The second kappa shape index (κ2) is 9.65. The number of nitrogens with one attached hydrogen (secondary N) is 1. The highest BCUT2D eigenvalue weighted by Crippen LogP contribution is 2.25. The van der Waals surface area contributed by atoms with Crippen molar-refractivity contribution in [2.24, 2.45) is 7.05 Å². The van der Waals surface area contributed by atoms with Crippen molar-refractivity contribution in [1.29, 1.82) is 0 Å². The first-order valence-electron chi connectivity index (χ1n) is 10.9. The van der Waals surface area contributed by atoms with Crippen LogP contribution in [0.5, 0.6) is 0 Å². The number of ether oxygens (including phenoxy) is 1. The van der Waals surface area contributed by atoms with Gasteiger partial charge in [0.1, 0.15) is 17.7 Å². The number of sulfonamides is 1. The van der Waals surface area contributed by atoms with Gasteiger partial charge in [-0.3, -0.25) is 4.79 Å². The fourth-order valence-corrected chi connectivity index (χ4v) is 5.71. The molecule has 34 heavy (non-hydrogen) atoms. The number of imidazole rings is 1. The lowest BCUT2D eigenvalue weighted by molar-refractivity contribution is -0.0440. The molecular formula is C24H27FN4O4S. The van der Waals surface area contributed by atoms with Crippen LogP contribution in [0, 0.1) is 5.82 Å². The smallest absolute Gasteiger partial charge is 0.252 e. The number of nitrogens with zero attached hydrogens (tertiary/aromatic N) is 3. The molecule has 0 aliphatic carbocycles. The van der Waals surface area contributed by atoms with Crippen LogP contribution >= 0.6 is 0 Å². The van der Waals surface area contributed by atoms with Crippen LogP contribution in [-0.2, 0) is 21.8 Å². The fourth-order valence-electron chi connectivity index (χ4n) is 4.11. The Morgan fingerprint density at radius 3 is 2.35 bits per heavy atom. The van der Waals surface area contributed by atoms with E-state index in [0.717, 1.165) is 0 Å². The Morgan fingerprint density at radius 2 is 1.76 bits per heavy atom. The summed E-state index contributed by atoms with van der Waals surface area (Å²) in [6.45, 7) is 4.20. The number of morpholine rings is 1. The molecule has 1 aromatic heterocycles. The maximum absolute atomic E-state index is 14.6. The van der Waals surface area contributed by atoms with Gasteiger partial charge in [-0.25, -0.2) is 17.8 Å². The normalized spacial score (nSPS) is 20.1. The van der Waals surface area contributed by atoms with Crippen LogP contribution in [0.4, 0.5) is 4.39 Å². The van der Waals surface area contributed by atoms with Gasteiger partial charge in [-0.1, -0.05) is 18.2 Å². The predicted molar refractivity (Wildman–Crippen MR) is 124 cm³/mol. The molecular weight excluding hydrogens is 459 g/mol. The molecule has 0 spiro atoms. The number of carbonyl (C=O) groups excluding carboxylic acids is 1. The maximum Gasteiger partial charge on any atom is 0.252 e. The molecule has 0 bridgehead atoms. The molecule has 2 heterocycles. The minimum Gasteiger partial charge on any atom is -0.373 e. The Bertz CT molecular complexity index is 1270. The number of aryl methyl sites for hydroxylation is 1. The van der Waals surface area contributed by atoms with E-state index in [1.165, 1.54) is 34.6 Å². The minimum absolute atomic E-state index is 0.0973. The first-order valence-corrected chi connectivity index (χ1v) is 12.4. The molecule has 1 saturated heterocycles. The molecule has 0 radical (unpaired) electrons. The van der Waals surface area contributed by atoms with Crippen LogP contribution in [0.3, 0.4) is 0 Å². The van der Waals surface area contributed by atoms with E-state index in [1.54, 1.807) is 42.2 Å². The third kappa shape index (κ3) is 4.89. The lowest BCUT2D eigenvalue weighted by Gasteiger charge is -2.34. The molecule has 8 nitrogen and oxygen atoms in total. The van der Waals surface area contributed by atoms with E-state index in [4.69, 9.17) is 4.74 Å². The van der Waals surface area contributed by atoms with Crippen molar-refractivity contribution in [3.8, 4) is 0 Å². The summed E-state index contributed by atoms with van der Waals surface area (Å²) in [5, 5.41) is 2.83. The zero-order valence-corrected chi connectivity index (χ0v) is 20.0. The van der Waals surface area contributed by atoms with Crippen molar-refractivity contribution in [2.75, 3.05) is 13.1 Å². The van der Waals surface area contributed by atoms with Crippen molar-refractivity contribution in [3.63, 3.8) is 0 Å². The van der Waals surface area contributed by atoms with Crippen LogP contribution in [0.2, 0.25) is 0 Å². The first kappa shape index (κ1) is 24.1.